The van der Waals surface area contributed by atoms with E-state index in [-0.39, 0.29) is 4.90 Å². The van der Waals surface area contributed by atoms with Crippen LogP contribution in [0.1, 0.15) is 0 Å². The van der Waals surface area contributed by atoms with Crippen LogP contribution in [0.25, 0.3) is 0 Å². The summed E-state index contributed by atoms with van der Waals surface area (Å²) in [6.07, 6.45) is 0. The molecule has 0 bridgehead atoms. The molecule has 10 heavy (non-hydrogen) atoms. The van der Waals surface area contributed by atoms with Crippen molar-refractivity contribution in [2.24, 2.45) is 0 Å². The van der Waals surface area contributed by atoms with Crippen molar-refractivity contribution >= 4 is 10.1 Å². The predicted molar refractivity (Wildman–Crippen MR) is 35.1 cm³/mol. The lowest BCUT2D eigenvalue weighted by Gasteiger charge is -1.91. The van der Waals surface area contributed by atoms with Gasteiger partial charge < -0.3 is 0 Å². The van der Waals surface area contributed by atoms with E-state index in [1.165, 1.54) is 24.3 Å². The lowest BCUT2D eigenvalue weighted by atomic mass is 10.4. The second-order valence-corrected chi connectivity index (χ2v) is 3.13. The maximum absolute atomic E-state index is 10.4. The summed E-state index contributed by atoms with van der Waals surface area (Å²) in [5, 5.41) is 0. The Morgan fingerprint density at radius 1 is 1.30 bits per heavy atom. The van der Waals surface area contributed by atoms with Crippen LogP contribution >= 0.6 is 0 Å². The summed E-state index contributed by atoms with van der Waals surface area (Å²) in [6.45, 7) is 0. The monoisotopic (exact) mass is 157 g/mol. The summed E-state index contributed by atoms with van der Waals surface area (Å²) in [4.78, 5) is -0.105. The zero-order chi connectivity index (χ0) is 7.61. The van der Waals surface area contributed by atoms with Crippen molar-refractivity contribution in [1.82, 2.24) is 0 Å². The fourth-order valence-electron chi connectivity index (χ4n) is 0.544. The topological polar surface area (TPSA) is 54.4 Å². The normalized spacial score (nSPS) is 11.3. The van der Waals surface area contributed by atoms with Crippen molar-refractivity contribution < 1.29 is 13.0 Å². The molecule has 0 aliphatic carbocycles. The number of hydrogen-bond acceptors (Lipinski definition) is 2. The van der Waals surface area contributed by atoms with E-state index in [4.69, 9.17) is 4.55 Å². The molecule has 1 N–H and O–H groups in total. The van der Waals surface area contributed by atoms with Crippen LogP contribution in [0.2, 0.25) is 0 Å². The molecule has 0 aromatic heterocycles. The van der Waals surface area contributed by atoms with Crippen LogP contribution in [0, 0.1) is 6.07 Å². The van der Waals surface area contributed by atoms with Crippen LogP contribution < -0.4 is 0 Å². The molecule has 0 spiro atoms. The fraction of sp³-hybridized carbons (Fsp3) is 0. The molecule has 0 saturated heterocycles. The van der Waals surface area contributed by atoms with Gasteiger partial charge in [0.15, 0.2) is 0 Å². The number of rotatable bonds is 1. The molecule has 0 heterocycles. The molecule has 1 rings (SSSR count). The maximum atomic E-state index is 10.4. The molecule has 1 radical (unpaired) electrons. The first-order valence-electron chi connectivity index (χ1n) is 2.54. The van der Waals surface area contributed by atoms with Gasteiger partial charge in [-0.15, -0.1) is 0 Å². The van der Waals surface area contributed by atoms with Gasteiger partial charge in [-0.2, -0.15) is 8.42 Å². The molecule has 0 saturated carbocycles. The van der Waals surface area contributed by atoms with Crippen LogP contribution in [-0.2, 0) is 10.1 Å². The van der Waals surface area contributed by atoms with E-state index in [1.807, 2.05) is 0 Å². The minimum absolute atomic E-state index is 0.105. The third kappa shape index (κ3) is 1.55. The van der Waals surface area contributed by atoms with E-state index >= 15 is 0 Å². The largest absolute Gasteiger partial charge is 0.294 e. The van der Waals surface area contributed by atoms with Gasteiger partial charge in [0.25, 0.3) is 10.1 Å². The highest BCUT2D eigenvalue weighted by molar-refractivity contribution is 7.85. The van der Waals surface area contributed by atoms with Gasteiger partial charge in [0.05, 0.1) is 4.90 Å². The Kier molecular flexibility index (Phi) is 1.74. The Balaban J connectivity index is 3.22. The van der Waals surface area contributed by atoms with Gasteiger partial charge in [-0.05, 0) is 18.2 Å². The SMILES string of the molecule is O=S(=O)(O)c1cc[c]cc1. The van der Waals surface area contributed by atoms with Gasteiger partial charge in [-0.1, -0.05) is 12.1 Å². The van der Waals surface area contributed by atoms with Crippen molar-refractivity contribution in [3.8, 4) is 0 Å². The molecule has 3 nitrogen and oxygen atoms in total. The average Bonchev–Trinajstić information content (AvgIpc) is 1.88. The molecule has 1 aromatic carbocycles. The summed E-state index contributed by atoms with van der Waals surface area (Å²) in [7, 11) is -4.02. The highest BCUT2D eigenvalue weighted by Crippen LogP contribution is 2.04. The molecule has 0 aliphatic heterocycles. The molecule has 1 aromatic rings. The first-order valence-corrected chi connectivity index (χ1v) is 3.98. The summed E-state index contributed by atoms with van der Waals surface area (Å²) in [6, 6.07) is 8.02. The van der Waals surface area contributed by atoms with E-state index in [1.54, 1.807) is 0 Å². The van der Waals surface area contributed by atoms with Crippen molar-refractivity contribution in [3.63, 3.8) is 0 Å². The minimum Gasteiger partial charge on any atom is -0.282 e. The Morgan fingerprint density at radius 3 is 2.10 bits per heavy atom. The summed E-state index contributed by atoms with van der Waals surface area (Å²) >= 11 is 0. The van der Waals surface area contributed by atoms with Crippen molar-refractivity contribution in [1.29, 1.82) is 0 Å². The van der Waals surface area contributed by atoms with Crippen molar-refractivity contribution in [2.75, 3.05) is 0 Å². The van der Waals surface area contributed by atoms with Crippen molar-refractivity contribution in [3.05, 3.63) is 30.3 Å². The third-order valence-electron chi connectivity index (χ3n) is 0.986. The van der Waals surface area contributed by atoms with Gasteiger partial charge >= 0.3 is 0 Å². The molecule has 0 unspecified atom stereocenters. The Bertz CT molecular complexity index is 301. The second-order valence-electron chi connectivity index (χ2n) is 1.71. The quantitative estimate of drug-likeness (QED) is 0.611. The van der Waals surface area contributed by atoms with Crippen LogP contribution in [-0.4, -0.2) is 13.0 Å². The van der Waals surface area contributed by atoms with Gasteiger partial charge in [0, 0.05) is 0 Å². The summed E-state index contributed by atoms with van der Waals surface area (Å²) in [5.74, 6) is 0. The molecule has 53 valence electrons. The lowest BCUT2D eigenvalue weighted by Crippen LogP contribution is -1.96. The molecule has 0 amide bonds. The second kappa shape index (κ2) is 2.40. The molecular weight excluding hydrogens is 152 g/mol. The van der Waals surface area contributed by atoms with Gasteiger partial charge in [-0.3, -0.25) is 4.55 Å². The minimum atomic E-state index is -4.02. The van der Waals surface area contributed by atoms with E-state index in [9.17, 15) is 8.42 Å². The fourth-order valence-corrected chi connectivity index (χ4v) is 1.02. The highest BCUT2D eigenvalue weighted by Gasteiger charge is 2.05. The lowest BCUT2D eigenvalue weighted by molar-refractivity contribution is 0.483. The molecule has 4 heteroatoms. The third-order valence-corrected chi connectivity index (χ3v) is 1.85. The average molecular weight is 157 g/mol. The molecule has 0 atom stereocenters. The zero-order valence-electron chi connectivity index (χ0n) is 4.98. The Labute approximate surface area is 59.1 Å². The van der Waals surface area contributed by atoms with Crippen LogP contribution in [0.15, 0.2) is 29.2 Å². The van der Waals surface area contributed by atoms with Gasteiger partial charge in [0.1, 0.15) is 0 Å². The van der Waals surface area contributed by atoms with Crippen molar-refractivity contribution in [2.45, 2.75) is 4.90 Å². The van der Waals surface area contributed by atoms with E-state index in [0.29, 0.717) is 0 Å². The molecule has 0 fully saturated rings. The molecule has 0 aliphatic rings. The Hall–Kier alpha value is -0.870. The standard InChI is InChI=1S/C6H5O3S/c7-10(8,9)6-4-2-1-3-5-6/h2-5H,(H,7,8,9). The van der Waals surface area contributed by atoms with E-state index < -0.39 is 10.1 Å². The smallest absolute Gasteiger partial charge is 0.282 e. The zero-order valence-corrected chi connectivity index (χ0v) is 5.80. The Morgan fingerprint density at radius 2 is 1.80 bits per heavy atom. The molecular formula is C6H5O3S. The summed E-state index contributed by atoms with van der Waals surface area (Å²) in [5.41, 5.74) is 0. The predicted octanol–water partition coefficient (Wildman–Crippen LogP) is 0.733. The number of hydrogen-bond donors (Lipinski definition) is 1. The van der Waals surface area contributed by atoms with Gasteiger partial charge in [-0.25, -0.2) is 0 Å². The van der Waals surface area contributed by atoms with E-state index in [0.717, 1.165) is 0 Å². The van der Waals surface area contributed by atoms with Crippen LogP contribution in [0.5, 0.6) is 0 Å². The van der Waals surface area contributed by atoms with Crippen LogP contribution in [0.3, 0.4) is 0 Å². The summed E-state index contributed by atoms with van der Waals surface area (Å²) < 4.78 is 29.2. The first-order chi connectivity index (χ1) is 4.61. The number of benzene rings is 1. The van der Waals surface area contributed by atoms with Crippen LogP contribution in [0.4, 0.5) is 0 Å². The highest BCUT2D eigenvalue weighted by atomic mass is 32.2. The maximum Gasteiger partial charge on any atom is 0.294 e. The van der Waals surface area contributed by atoms with Gasteiger partial charge in [0.2, 0.25) is 0 Å². The first kappa shape index (κ1) is 7.24. The van der Waals surface area contributed by atoms with E-state index in [2.05, 4.69) is 6.07 Å².